The molecule has 0 aromatic heterocycles. The molecule has 1 aromatic carbocycles. The maximum atomic E-state index is 12.4. The van der Waals surface area contributed by atoms with Crippen molar-refractivity contribution in [2.24, 2.45) is 5.92 Å². The van der Waals surface area contributed by atoms with Gasteiger partial charge in [-0.25, -0.2) is 13.1 Å². The largest absolute Gasteiger partial charge is 0.396 e. The number of halogens is 2. The molecular formula is C13H17BrClNO3S. The van der Waals surface area contributed by atoms with E-state index in [1.165, 1.54) is 12.1 Å². The SMILES string of the molecule is O=S(=O)(NC1CCCCC1CO)c1ccc(Cl)c(Br)c1. The number of hydrogen-bond donors (Lipinski definition) is 2. The van der Waals surface area contributed by atoms with Crippen molar-refractivity contribution in [1.82, 2.24) is 4.72 Å². The molecule has 0 aliphatic heterocycles. The Morgan fingerprint density at radius 3 is 2.70 bits per heavy atom. The summed E-state index contributed by atoms with van der Waals surface area (Å²) >= 11 is 9.10. The Labute approximate surface area is 132 Å². The second-order valence-corrected chi connectivity index (χ2v) is 8.01. The van der Waals surface area contributed by atoms with Crippen molar-refractivity contribution in [3.8, 4) is 0 Å². The van der Waals surface area contributed by atoms with Gasteiger partial charge in [0.25, 0.3) is 0 Å². The van der Waals surface area contributed by atoms with E-state index in [4.69, 9.17) is 11.6 Å². The fraction of sp³-hybridized carbons (Fsp3) is 0.538. The molecule has 0 saturated heterocycles. The van der Waals surface area contributed by atoms with Gasteiger partial charge in [0.2, 0.25) is 10.0 Å². The lowest BCUT2D eigenvalue weighted by Crippen LogP contribution is -2.43. The third kappa shape index (κ3) is 3.74. The zero-order valence-corrected chi connectivity index (χ0v) is 14.0. The van der Waals surface area contributed by atoms with E-state index in [9.17, 15) is 13.5 Å². The first kappa shape index (κ1) is 16.2. The highest BCUT2D eigenvalue weighted by Gasteiger charge is 2.29. The number of nitrogens with one attached hydrogen (secondary N) is 1. The Hall–Kier alpha value is -0.140. The van der Waals surface area contributed by atoms with Gasteiger partial charge in [-0.05, 0) is 52.9 Å². The summed E-state index contributed by atoms with van der Waals surface area (Å²) in [5, 5.41) is 9.82. The quantitative estimate of drug-likeness (QED) is 0.841. The van der Waals surface area contributed by atoms with Gasteiger partial charge in [0.15, 0.2) is 0 Å². The van der Waals surface area contributed by atoms with Crippen molar-refractivity contribution in [1.29, 1.82) is 0 Å². The topological polar surface area (TPSA) is 66.4 Å². The minimum atomic E-state index is -3.59. The van der Waals surface area contributed by atoms with Crippen LogP contribution in [0.2, 0.25) is 5.02 Å². The van der Waals surface area contributed by atoms with Crippen molar-refractivity contribution in [2.45, 2.75) is 36.6 Å². The van der Waals surface area contributed by atoms with Crippen LogP contribution in [0.5, 0.6) is 0 Å². The molecule has 20 heavy (non-hydrogen) atoms. The molecule has 0 heterocycles. The molecule has 2 rings (SSSR count). The molecule has 7 heteroatoms. The first-order valence-electron chi connectivity index (χ1n) is 6.52. The smallest absolute Gasteiger partial charge is 0.240 e. The molecule has 1 saturated carbocycles. The summed E-state index contributed by atoms with van der Waals surface area (Å²) in [6.45, 7) is 0.0114. The van der Waals surface area contributed by atoms with Gasteiger partial charge in [0.1, 0.15) is 0 Å². The Morgan fingerprint density at radius 1 is 1.35 bits per heavy atom. The summed E-state index contributed by atoms with van der Waals surface area (Å²) < 4.78 is 28.0. The number of benzene rings is 1. The lowest BCUT2D eigenvalue weighted by Gasteiger charge is -2.30. The van der Waals surface area contributed by atoms with E-state index in [2.05, 4.69) is 20.7 Å². The summed E-state index contributed by atoms with van der Waals surface area (Å²) in [4.78, 5) is 0.177. The minimum Gasteiger partial charge on any atom is -0.396 e. The van der Waals surface area contributed by atoms with E-state index < -0.39 is 10.0 Å². The molecule has 0 amide bonds. The molecule has 0 bridgehead atoms. The van der Waals surface area contributed by atoms with Crippen LogP contribution in [-0.4, -0.2) is 26.2 Å². The van der Waals surface area contributed by atoms with Crippen molar-refractivity contribution in [3.63, 3.8) is 0 Å². The standard InChI is InChI=1S/C13H17BrClNO3S/c14-11-7-10(5-6-12(11)15)20(18,19)16-13-4-2-1-3-9(13)8-17/h5-7,9,13,16-17H,1-4,8H2. The van der Waals surface area contributed by atoms with E-state index >= 15 is 0 Å². The molecule has 2 atom stereocenters. The average molecular weight is 383 g/mol. The van der Waals surface area contributed by atoms with E-state index in [0.29, 0.717) is 9.50 Å². The van der Waals surface area contributed by atoms with Crippen LogP contribution in [0.1, 0.15) is 25.7 Å². The molecule has 0 radical (unpaired) electrons. The summed E-state index contributed by atoms with van der Waals surface area (Å²) in [6.07, 6.45) is 3.64. The van der Waals surface area contributed by atoms with Crippen LogP contribution >= 0.6 is 27.5 Å². The van der Waals surface area contributed by atoms with Gasteiger partial charge < -0.3 is 5.11 Å². The first-order valence-corrected chi connectivity index (χ1v) is 9.17. The fourth-order valence-electron chi connectivity index (χ4n) is 2.49. The lowest BCUT2D eigenvalue weighted by molar-refractivity contribution is 0.164. The highest BCUT2D eigenvalue weighted by molar-refractivity contribution is 9.10. The second kappa shape index (κ2) is 6.75. The van der Waals surface area contributed by atoms with Crippen LogP contribution < -0.4 is 4.72 Å². The summed E-state index contributed by atoms with van der Waals surface area (Å²) in [6, 6.07) is 4.31. The molecule has 1 aromatic rings. The van der Waals surface area contributed by atoms with Crippen LogP contribution in [0.25, 0.3) is 0 Å². The molecule has 1 fully saturated rings. The molecule has 2 unspecified atom stereocenters. The van der Waals surface area contributed by atoms with Gasteiger partial charge in [-0.2, -0.15) is 0 Å². The number of sulfonamides is 1. The fourth-order valence-corrected chi connectivity index (χ4v) is 4.51. The second-order valence-electron chi connectivity index (χ2n) is 5.03. The van der Waals surface area contributed by atoms with E-state index in [1.807, 2.05) is 0 Å². The van der Waals surface area contributed by atoms with Crippen LogP contribution in [0.15, 0.2) is 27.6 Å². The van der Waals surface area contributed by atoms with Crippen LogP contribution in [-0.2, 0) is 10.0 Å². The third-order valence-electron chi connectivity index (χ3n) is 3.65. The van der Waals surface area contributed by atoms with E-state index in [0.717, 1.165) is 25.7 Å². The molecule has 4 nitrogen and oxygen atoms in total. The van der Waals surface area contributed by atoms with Gasteiger partial charge >= 0.3 is 0 Å². The zero-order chi connectivity index (χ0) is 14.8. The molecule has 112 valence electrons. The summed E-state index contributed by atoms with van der Waals surface area (Å²) in [5.41, 5.74) is 0. The first-order chi connectivity index (χ1) is 9.44. The number of rotatable bonds is 4. The average Bonchev–Trinajstić information content (AvgIpc) is 2.42. The number of aliphatic hydroxyl groups is 1. The molecule has 1 aliphatic rings. The van der Waals surface area contributed by atoms with Gasteiger partial charge in [0, 0.05) is 17.1 Å². The van der Waals surface area contributed by atoms with Crippen LogP contribution in [0, 0.1) is 5.92 Å². The van der Waals surface area contributed by atoms with Crippen molar-refractivity contribution in [3.05, 3.63) is 27.7 Å². The molecule has 0 spiro atoms. The maximum Gasteiger partial charge on any atom is 0.240 e. The zero-order valence-electron chi connectivity index (χ0n) is 10.9. The normalized spacial score (nSPS) is 23.8. The maximum absolute atomic E-state index is 12.4. The molecular weight excluding hydrogens is 366 g/mol. The van der Waals surface area contributed by atoms with Gasteiger partial charge in [-0.1, -0.05) is 24.4 Å². The monoisotopic (exact) mass is 381 g/mol. The Bertz CT molecular complexity index is 579. The highest BCUT2D eigenvalue weighted by Crippen LogP contribution is 2.28. The summed E-state index contributed by atoms with van der Waals surface area (Å²) in [7, 11) is -3.59. The minimum absolute atomic E-state index is 0.00531. The van der Waals surface area contributed by atoms with Crippen LogP contribution in [0.3, 0.4) is 0 Å². The Morgan fingerprint density at radius 2 is 2.05 bits per heavy atom. The van der Waals surface area contributed by atoms with E-state index in [-0.39, 0.29) is 23.5 Å². The van der Waals surface area contributed by atoms with Gasteiger partial charge in [0.05, 0.1) is 9.92 Å². The van der Waals surface area contributed by atoms with Crippen molar-refractivity contribution < 1.29 is 13.5 Å². The van der Waals surface area contributed by atoms with E-state index in [1.54, 1.807) is 6.07 Å². The molecule has 1 aliphatic carbocycles. The van der Waals surface area contributed by atoms with Gasteiger partial charge in [-0.3, -0.25) is 0 Å². The number of aliphatic hydroxyl groups excluding tert-OH is 1. The Balaban J connectivity index is 2.19. The lowest BCUT2D eigenvalue weighted by atomic mass is 9.86. The predicted molar refractivity (Wildman–Crippen MR) is 82.3 cm³/mol. The summed E-state index contributed by atoms with van der Waals surface area (Å²) in [5.74, 6) is -0.00531. The van der Waals surface area contributed by atoms with Crippen molar-refractivity contribution >= 4 is 37.6 Å². The highest BCUT2D eigenvalue weighted by atomic mass is 79.9. The number of hydrogen-bond acceptors (Lipinski definition) is 3. The molecule has 2 N–H and O–H groups in total. The van der Waals surface area contributed by atoms with Crippen molar-refractivity contribution in [2.75, 3.05) is 6.61 Å². The predicted octanol–water partition coefficient (Wildman–Crippen LogP) is 2.93. The van der Waals surface area contributed by atoms with Gasteiger partial charge in [-0.15, -0.1) is 0 Å². The van der Waals surface area contributed by atoms with Crippen LogP contribution in [0.4, 0.5) is 0 Å². The Kier molecular flexibility index (Phi) is 5.48. The third-order valence-corrected chi connectivity index (χ3v) is 6.35.